The van der Waals surface area contributed by atoms with E-state index in [1.807, 2.05) is 6.07 Å². The summed E-state index contributed by atoms with van der Waals surface area (Å²) in [4.78, 5) is 28.1. The molecule has 2 N–H and O–H groups in total. The number of nitrogens with zero attached hydrogens (tertiary/aromatic N) is 2. The van der Waals surface area contributed by atoms with E-state index >= 15 is 0 Å². The smallest absolute Gasteiger partial charge is 0.312 e. The molecule has 0 radical (unpaired) electrons. The lowest BCUT2D eigenvalue weighted by Crippen LogP contribution is -2.56. The minimum atomic E-state index is -0.798. The van der Waals surface area contributed by atoms with Gasteiger partial charge < -0.3 is 20.2 Å². The van der Waals surface area contributed by atoms with Gasteiger partial charge in [0.1, 0.15) is 0 Å². The van der Waals surface area contributed by atoms with Gasteiger partial charge >= 0.3 is 11.8 Å². The number of piperazine rings is 1. The van der Waals surface area contributed by atoms with Crippen LogP contribution in [0.5, 0.6) is 0 Å². The molecule has 24 heavy (non-hydrogen) atoms. The van der Waals surface area contributed by atoms with Gasteiger partial charge in [-0.1, -0.05) is 12.1 Å². The summed E-state index contributed by atoms with van der Waals surface area (Å²) in [5, 5.41) is 11.8. The molecule has 1 aromatic carbocycles. The number of amides is 2. The Kier molecular flexibility index (Phi) is 5.49. The van der Waals surface area contributed by atoms with Crippen LogP contribution in [0, 0.1) is 13.8 Å². The number of aryl methyl sites for hydroxylation is 1. The highest BCUT2D eigenvalue weighted by Gasteiger charge is 2.29. The lowest BCUT2D eigenvalue weighted by Gasteiger charge is -2.37. The van der Waals surface area contributed by atoms with Crippen molar-refractivity contribution in [2.24, 2.45) is 0 Å². The Bertz CT molecular complexity index is 620. The molecule has 2 amide bonds. The molecule has 1 heterocycles. The second kappa shape index (κ2) is 7.21. The number of anilines is 1. The van der Waals surface area contributed by atoms with Crippen LogP contribution >= 0.6 is 0 Å². The van der Waals surface area contributed by atoms with Gasteiger partial charge in [-0.15, -0.1) is 0 Å². The lowest BCUT2D eigenvalue weighted by atomic mass is 10.1. The molecule has 0 atom stereocenters. The topological polar surface area (TPSA) is 72.9 Å². The number of rotatable bonds is 3. The van der Waals surface area contributed by atoms with E-state index in [2.05, 4.69) is 36.2 Å². The van der Waals surface area contributed by atoms with E-state index in [0.717, 1.165) is 0 Å². The Labute approximate surface area is 143 Å². The van der Waals surface area contributed by atoms with Crippen LogP contribution in [-0.4, -0.2) is 60.1 Å². The quantitative estimate of drug-likeness (QED) is 0.804. The van der Waals surface area contributed by atoms with Crippen LogP contribution in [-0.2, 0) is 9.59 Å². The minimum Gasteiger partial charge on any atom is -0.394 e. The van der Waals surface area contributed by atoms with Crippen LogP contribution in [0.3, 0.4) is 0 Å². The average molecular weight is 333 g/mol. The molecule has 0 saturated carbocycles. The van der Waals surface area contributed by atoms with Gasteiger partial charge in [-0.3, -0.25) is 9.59 Å². The summed E-state index contributed by atoms with van der Waals surface area (Å²) in [6.45, 7) is 9.76. The van der Waals surface area contributed by atoms with Crippen molar-refractivity contribution in [3.05, 3.63) is 29.3 Å². The molecule has 1 fully saturated rings. The van der Waals surface area contributed by atoms with E-state index in [0.29, 0.717) is 26.2 Å². The van der Waals surface area contributed by atoms with E-state index in [1.165, 1.54) is 16.8 Å². The molecule has 1 aliphatic rings. The molecule has 0 aromatic heterocycles. The largest absolute Gasteiger partial charge is 0.394 e. The number of hydrogen-bond donors (Lipinski definition) is 2. The molecule has 132 valence electrons. The average Bonchev–Trinajstić information content (AvgIpc) is 2.56. The monoisotopic (exact) mass is 333 g/mol. The Morgan fingerprint density at radius 2 is 1.79 bits per heavy atom. The number of nitrogens with one attached hydrogen (secondary N) is 1. The first kappa shape index (κ1) is 18.3. The van der Waals surface area contributed by atoms with Gasteiger partial charge in [-0.05, 0) is 44.9 Å². The molecule has 0 aliphatic carbocycles. The maximum absolute atomic E-state index is 12.3. The van der Waals surface area contributed by atoms with Crippen molar-refractivity contribution < 1.29 is 14.7 Å². The summed E-state index contributed by atoms with van der Waals surface area (Å²) in [5.74, 6) is -1.19. The second-order valence-corrected chi connectivity index (χ2v) is 6.99. The first-order valence-electron chi connectivity index (χ1n) is 8.28. The molecular formula is C18H27N3O3. The van der Waals surface area contributed by atoms with Gasteiger partial charge in [0.05, 0.1) is 12.1 Å². The van der Waals surface area contributed by atoms with Crippen molar-refractivity contribution in [1.29, 1.82) is 0 Å². The first-order chi connectivity index (χ1) is 11.2. The fourth-order valence-corrected chi connectivity index (χ4v) is 2.77. The van der Waals surface area contributed by atoms with Crippen LogP contribution in [0.4, 0.5) is 5.69 Å². The SMILES string of the molecule is Cc1cccc(N2CCN(C(=O)C(=O)NC(C)(C)CO)CC2)c1C. The molecule has 0 unspecified atom stereocenters. The zero-order valence-corrected chi connectivity index (χ0v) is 14.9. The fraction of sp³-hybridized carbons (Fsp3) is 0.556. The van der Waals surface area contributed by atoms with E-state index in [-0.39, 0.29) is 6.61 Å². The number of benzene rings is 1. The highest BCUT2D eigenvalue weighted by Crippen LogP contribution is 2.23. The minimum absolute atomic E-state index is 0.216. The molecule has 1 aromatic rings. The predicted molar refractivity (Wildman–Crippen MR) is 94.0 cm³/mol. The van der Waals surface area contributed by atoms with Crippen molar-refractivity contribution in [2.75, 3.05) is 37.7 Å². The fourth-order valence-electron chi connectivity index (χ4n) is 2.77. The zero-order chi connectivity index (χ0) is 17.9. The molecule has 0 spiro atoms. The summed E-state index contributed by atoms with van der Waals surface area (Å²) < 4.78 is 0. The Balaban J connectivity index is 1.96. The van der Waals surface area contributed by atoms with Gasteiger partial charge in [0.25, 0.3) is 0 Å². The third-order valence-corrected chi connectivity index (χ3v) is 4.53. The molecule has 0 bridgehead atoms. The normalized spacial score (nSPS) is 15.4. The molecule has 1 aliphatic heterocycles. The maximum atomic E-state index is 12.3. The van der Waals surface area contributed by atoms with Gasteiger partial charge in [0, 0.05) is 31.9 Å². The molecule has 1 saturated heterocycles. The number of hydrogen-bond acceptors (Lipinski definition) is 4. The number of aliphatic hydroxyl groups excluding tert-OH is 1. The number of carbonyl (C=O) groups is 2. The summed E-state index contributed by atoms with van der Waals surface area (Å²) in [6, 6.07) is 6.22. The van der Waals surface area contributed by atoms with E-state index in [4.69, 9.17) is 0 Å². The lowest BCUT2D eigenvalue weighted by molar-refractivity contribution is -0.147. The van der Waals surface area contributed by atoms with Crippen LogP contribution in [0.25, 0.3) is 0 Å². The molecule has 6 nitrogen and oxygen atoms in total. The summed E-state index contributed by atoms with van der Waals surface area (Å²) in [7, 11) is 0. The Morgan fingerprint density at radius 3 is 2.38 bits per heavy atom. The summed E-state index contributed by atoms with van der Waals surface area (Å²) >= 11 is 0. The van der Waals surface area contributed by atoms with E-state index < -0.39 is 17.4 Å². The van der Waals surface area contributed by atoms with Crippen molar-refractivity contribution in [3.8, 4) is 0 Å². The van der Waals surface area contributed by atoms with Crippen molar-refractivity contribution in [2.45, 2.75) is 33.2 Å². The van der Waals surface area contributed by atoms with Gasteiger partial charge in [0.2, 0.25) is 0 Å². The maximum Gasteiger partial charge on any atom is 0.312 e. The zero-order valence-electron chi connectivity index (χ0n) is 14.9. The standard InChI is InChI=1S/C18H27N3O3/c1-13-6-5-7-15(14(13)2)20-8-10-21(11-9-20)17(24)16(23)19-18(3,4)12-22/h5-7,22H,8-12H2,1-4H3,(H,19,23). The number of carbonyl (C=O) groups excluding carboxylic acids is 2. The first-order valence-corrected chi connectivity index (χ1v) is 8.28. The Hall–Kier alpha value is -2.08. The van der Waals surface area contributed by atoms with Crippen LogP contribution in [0.2, 0.25) is 0 Å². The van der Waals surface area contributed by atoms with Gasteiger partial charge in [-0.2, -0.15) is 0 Å². The summed E-state index contributed by atoms with van der Waals surface area (Å²) in [6.07, 6.45) is 0. The van der Waals surface area contributed by atoms with Crippen molar-refractivity contribution in [1.82, 2.24) is 10.2 Å². The van der Waals surface area contributed by atoms with Crippen molar-refractivity contribution >= 4 is 17.5 Å². The Morgan fingerprint density at radius 1 is 1.17 bits per heavy atom. The summed E-state index contributed by atoms with van der Waals surface area (Å²) in [5.41, 5.74) is 2.89. The highest BCUT2D eigenvalue weighted by atomic mass is 16.3. The third kappa shape index (κ3) is 4.06. The number of aliphatic hydroxyl groups is 1. The molecule has 2 rings (SSSR count). The van der Waals surface area contributed by atoms with Crippen molar-refractivity contribution in [3.63, 3.8) is 0 Å². The third-order valence-electron chi connectivity index (χ3n) is 4.53. The van der Waals surface area contributed by atoms with Gasteiger partial charge in [0.15, 0.2) is 0 Å². The van der Waals surface area contributed by atoms with E-state index in [9.17, 15) is 14.7 Å². The van der Waals surface area contributed by atoms with E-state index in [1.54, 1.807) is 18.7 Å². The van der Waals surface area contributed by atoms with Crippen LogP contribution in [0.1, 0.15) is 25.0 Å². The molecule has 6 heteroatoms. The van der Waals surface area contributed by atoms with Crippen LogP contribution < -0.4 is 10.2 Å². The highest BCUT2D eigenvalue weighted by molar-refractivity contribution is 6.35. The second-order valence-electron chi connectivity index (χ2n) is 6.99. The predicted octanol–water partition coefficient (Wildman–Crippen LogP) is 0.839. The van der Waals surface area contributed by atoms with Gasteiger partial charge in [-0.25, -0.2) is 0 Å². The molecular weight excluding hydrogens is 306 g/mol. The van der Waals surface area contributed by atoms with Crippen LogP contribution in [0.15, 0.2) is 18.2 Å².